The van der Waals surface area contributed by atoms with E-state index < -0.39 is 0 Å². The van der Waals surface area contributed by atoms with E-state index >= 15 is 0 Å². The molecule has 0 amide bonds. The molecule has 34 heavy (non-hydrogen) atoms. The van der Waals surface area contributed by atoms with Crippen LogP contribution in [0.15, 0.2) is 48.5 Å². The highest BCUT2D eigenvalue weighted by Crippen LogP contribution is 2.33. The van der Waals surface area contributed by atoms with Crippen LogP contribution in [0.2, 0.25) is 0 Å². The monoisotopic (exact) mass is 466 g/mol. The van der Waals surface area contributed by atoms with Crippen LogP contribution in [0.5, 0.6) is 5.75 Å². The fourth-order valence-corrected chi connectivity index (χ4v) is 4.14. The predicted octanol–water partition coefficient (Wildman–Crippen LogP) is 9.07. The molecule has 1 aliphatic carbocycles. The largest absolute Gasteiger partial charge is 0.488 e. The third-order valence-corrected chi connectivity index (χ3v) is 6.81. The van der Waals surface area contributed by atoms with Crippen LogP contribution in [0.25, 0.3) is 0 Å². The highest BCUT2D eigenvalue weighted by Gasteiger charge is 2.32. The van der Waals surface area contributed by atoms with Gasteiger partial charge in [0, 0.05) is 0 Å². The van der Waals surface area contributed by atoms with Crippen LogP contribution in [0.1, 0.15) is 127 Å². The number of rotatable bonds is 7. The molecular formula is C31H46O3. The number of esters is 1. The molecule has 2 aromatic carbocycles. The van der Waals surface area contributed by atoms with Gasteiger partial charge >= 0.3 is 5.97 Å². The van der Waals surface area contributed by atoms with Gasteiger partial charge in [-0.25, -0.2) is 4.79 Å². The third-order valence-electron chi connectivity index (χ3n) is 6.81. The van der Waals surface area contributed by atoms with E-state index in [1.165, 1.54) is 17.5 Å². The van der Waals surface area contributed by atoms with Crippen molar-refractivity contribution in [2.45, 2.75) is 117 Å². The molecule has 188 valence electrons. The van der Waals surface area contributed by atoms with Crippen molar-refractivity contribution < 1.29 is 14.3 Å². The number of carbonyl (C=O) groups excluding carboxylic acids is 1. The van der Waals surface area contributed by atoms with Gasteiger partial charge in [-0.15, -0.1) is 0 Å². The van der Waals surface area contributed by atoms with Crippen LogP contribution in [0.3, 0.4) is 0 Å². The summed E-state index contributed by atoms with van der Waals surface area (Å²) in [7, 11) is 0. The lowest BCUT2D eigenvalue weighted by Gasteiger charge is -2.24. The van der Waals surface area contributed by atoms with Gasteiger partial charge in [-0.2, -0.15) is 0 Å². The Balaban J connectivity index is 0.000000248. The number of benzene rings is 2. The Morgan fingerprint density at radius 1 is 0.853 bits per heavy atom. The first kappa shape index (κ1) is 28.0. The van der Waals surface area contributed by atoms with Gasteiger partial charge < -0.3 is 9.47 Å². The normalized spacial score (nSPS) is 16.7. The molecule has 2 atom stereocenters. The van der Waals surface area contributed by atoms with Gasteiger partial charge in [-0.3, -0.25) is 0 Å². The molecule has 0 aromatic heterocycles. The molecule has 0 aliphatic heterocycles. The van der Waals surface area contributed by atoms with Crippen LogP contribution in [-0.4, -0.2) is 17.2 Å². The molecule has 0 spiro atoms. The van der Waals surface area contributed by atoms with Crippen LogP contribution in [-0.2, 0) is 4.74 Å². The maximum Gasteiger partial charge on any atom is 0.338 e. The lowest BCUT2D eigenvalue weighted by molar-refractivity contribution is -0.00609. The Labute approximate surface area is 208 Å². The highest BCUT2D eigenvalue weighted by molar-refractivity contribution is 5.89. The molecule has 1 fully saturated rings. The summed E-state index contributed by atoms with van der Waals surface area (Å²) < 4.78 is 11.4. The summed E-state index contributed by atoms with van der Waals surface area (Å²) in [4.78, 5) is 12.1. The molecule has 0 heterocycles. The molecule has 3 rings (SSSR count). The van der Waals surface area contributed by atoms with Gasteiger partial charge in [0.1, 0.15) is 17.0 Å². The van der Waals surface area contributed by atoms with E-state index in [1.54, 1.807) is 0 Å². The molecule has 1 saturated carbocycles. The highest BCUT2D eigenvalue weighted by atomic mass is 16.6. The standard InChI is InChI=1S/C17H24O2.C14H22O/c1-4-13(2)14-7-9-15(10-8-14)16(18)19-17(3)11-5-6-12-17;1-6-11(2)12-7-9-13(10-8-12)15-14(3,4)5/h7-10,13H,4-6,11-12H2,1-3H3;7-11H,6H2,1-5H3. The molecule has 0 bridgehead atoms. The van der Waals surface area contributed by atoms with E-state index in [4.69, 9.17) is 9.47 Å². The van der Waals surface area contributed by atoms with Crippen molar-refractivity contribution >= 4 is 5.97 Å². The van der Waals surface area contributed by atoms with E-state index in [-0.39, 0.29) is 17.2 Å². The fourth-order valence-electron chi connectivity index (χ4n) is 4.14. The van der Waals surface area contributed by atoms with Crippen LogP contribution in [0, 0.1) is 0 Å². The summed E-state index contributed by atoms with van der Waals surface area (Å²) in [5, 5.41) is 0. The van der Waals surface area contributed by atoms with Gasteiger partial charge in [0.15, 0.2) is 0 Å². The molecule has 0 N–H and O–H groups in total. The van der Waals surface area contributed by atoms with Crippen molar-refractivity contribution in [1.29, 1.82) is 0 Å². The minimum Gasteiger partial charge on any atom is -0.488 e. The van der Waals surface area contributed by atoms with Gasteiger partial charge in [0.2, 0.25) is 0 Å². The summed E-state index contributed by atoms with van der Waals surface area (Å²) >= 11 is 0. The van der Waals surface area contributed by atoms with Gasteiger partial charge in [-0.1, -0.05) is 52.0 Å². The molecule has 3 heteroatoms. The van der Waals surface area contributed by atoms with Crippen molar-refractivity contribution in [2.24, 2.45) is 0 Å². The van der Waals surface area contributed by atoms with Crippen molar-refractivity contribution in [3.63, 3.8) is 0 Å². The minimum atomic E-state index is -0.244. The Morgan fingerprint density at radius 3 is 1.71 bits per heavy atom. The Kier molecular flexibility index (Phi) is 10.2. The van der Waals surface area contributed by atoms with Crippen molar-refractivity contribution in [3.8, 4) is 5.75 Å². The number of hydrogen-bond donors (Lipinski definition) is 0. The summed E-state index contributed by atoms with van der Waals surface area (Å²) in [5.74, 6) is 1.95. The maximum atomic E-state index is 12.1. The first-order valence-corrected chi connectivity index (χ1v) is 13.1. The second kappa shape index (κ2) is 12.4. The molecule has 0 saturated heterocycles. The lowest BCUT2D eigenvalue weighted by atomic mass is 9.97. The van der Waals surface area contributed by atoms with Crippen LogP contribution < -0.4 is 4.74 Å². The van der Waals surface area contributed by atoms with Gasteiger partial charge in [0.25, 0.3) is 0 Å². The summed E-state index contributed by atoms with van der Waals surface area (Å²) in [6.07, 6.45) is 6.60. The summed E-state index contributed by atoms with van der Waals surface area (Å²) in [6.45, 7) is 17.1. The number of carbonyl (C=O) groups is 1. The Bertz CT molecular complexity index is 868. The number of ether oxygens (including phenoxy) is 2. The van der Waals surface area contributed by atoms with Crippen molar-refractivity contribution in [2.75, 3.05) is 0 Å². The smallest absolute Gasteiger partial charge is 0.338 e. The van der Waals surface area contributed by atoms with E-state index in [1.807, 2.05) is 31.2 Å². The van der Waals surface area contributed by atoms with Crippen LogP contribution >= 0.6 is 0 Å². The molecule has 3 nitrogen and oxygen atoms in total. The second-order valence-corrected chi connectivity index (χ2v) is 11.1. The average Bonchev–Trinajstić information content (AvgIpc) is 3.23. The van der Waals surface area contributed by atoms with E-state index in [0.717, 1.165) is 37.9 Å². The average molecular weight is 467 g/mol. The van der Waals surface area contributed by atoms with Crippen molar-refractivity contribution in [3.05, 3.63) is 65.2 Å². The zero-order chi connectivity index (χ0) is 25.4. The Hall–Kier alpha value is -2.29. The first-order chi connectivity index (χ1) is 16.0. The van der Waals surface area contributed by atoms with E-state index in [2.05, 4.69) is 72.7 Å². The van der Waals surface area contributed by atoms with Crippen molar-refractivity contribution in [1.82, 2.24) is 0 Å². The maximum absolute atomic E-state index is 12.1. The fraction of sp³-hybridized carbons (Fsp3) is 0.581. The third kappa shape index (κ3) is 8.81. The molecule has 2 aromatic rings. The van der Waals surface area contributed by atoms with Crippen LogP contribution in [0.4, 0.5) is 0 Å². The Morgan fingerprint density at radius 2 is 1.29 bits per heavy atom. The zero-order valence-electron chi connectivity index (χ0n) is 22.7. The van der Waals surface area contributed by atoms with E-state index in [9.17, 15) is 4.79 Å². The molecule has 1 aliphatic rings. The van der Waals surface area contributed by atoms with Gasteiger partial charge in [-0.05, 0) is 113 Å². The number of hydrogen-bond acceptors (Lipinski definition) is 3. The topological polar surface area (TPSA) is 35.5 Å². The molecule has 0 radical (unpaired) electrons. The van der Waals surface area contributed by atoms with E-state index in [0.29, 0.717) is 17.4 Å². The SMILES string of the molecule is CCC(C)c1ccc(C(=O)OC2(C)CCCC2)cc1.CCC(C)c1ccc(OC(C)(C)C)cc1. The summed E-state index contributed by atoms with van der Waals surface area (Å²) in [5.41, 5.74) is 2.98. The quantitative estimate of drug-likeness (QED) is 0.382. The molecule has 2 unspecified atom stereocenters. The minimum absolute atomic E-state index is 0.113. The second-order valence-electron chi connectivity index (χ2n) is 11.1. The zero-order valence-corrected chi connectivity index (χ0v) is 22.7. The van der Waals surface area contributed by atoms with Gasteiger partial charge in [0.05, 0.1) is 5.56 Å². The lowest BCUT2D eigenvalue weighted by Crippen LogP contribution is -2.28. The molecular weight excluding hydrogens is 420 g/mol. The first-order valence-electron chi connectivity index (χ1n) is 13.1. The predicted molar refractivity (Wildman–Crippen MR) is 143 cm³/mol. The summed E-state index contributed by atoms with van der Waals surface area (Å²) in [6, 6.07) is 16.3.